The lowest BCUT2D eigenvalue weighted by Gasteiger charge is -2.04. The van der Waals surface area contributed by atoms with Crippen molar-refractivity contribution in [1.82, 2.24) is 0 Å². The van der Waals surface area contributed by atoms with Crippen molar-refractivity contribution in [3.05, 3.63) is 29.3 Å². The predicted molar refractivity (Wildman–Crippen MR) is 58.6 cm³/mol. The van der Waals surface area contributed by atoms with Gasteiger partial charge in [0.05, 0.1) is 11.6 Å². The minimum absolute atomic E-state index is 0.681. The summed E-state index contributed by atoms with van der Waals surface area (Å²) < 4.78 is 5.35. The first kappa shape index (κ1) is 12.3. The molecule has 0 atom stereocenters. The quantitative estimate of drug-likeness (QED) is 0.712. The van der Waals surface area contributed by atoms with Gasteiger partial charge in [-0.05, 0) is 18.6 Å². The van der Waals surface area contributed by atoms with E-state index in [1.165, 1.54) is 0 Å². The van der Waals surface area contributed by atoms with Gasteiger partial charge < -0.3 is 4.74 Å². The maximum Gasteiger partial charge on any atom is 0.137 e. The number of hydrogen-bond donors (Lipinski definition) is 0. The van der Waals surface area contributed by atoms with Crippen LogP contribution >= 0.6 is 11.6 Å². The number of halogens is 1. The highest BCUT2D eigenvalue weighted by Crippen LogP contribution is 2.22. The Morgan fingerprint density at radius 2 is 1.85 bits per heavy atom. The van der Waals surface area contributed by atoms with Crippen LogP contribution in [0.4, 0.5) is 0 Å². The molecule has 2 heteroatoms. The molecule has 0 aliphatic rings. The van der Waals surface area contributed by atoms with Crippen LogP contribution < -0.4 is 4.74 Å². The Morgan fingerprint density at radius 1 is 1.23 bits per heavy atom. The highest BCUT2D eigenvalue weighted by molar-refractivity contribution is 6.32. The Bertz CT molecular complexity index is 223. The molecule has 0 unspecified atom stereocenters. The van der Waals surface area contributed by atoms with Crippen molar-refractivity contribution in [3.63, 3.8) is 0 Å². The largest absolute Gasteiger partial charge is 0.492 e. The van der Waals surface area contributed by atoms with Gasteiger partial charge in [0.1, 0.15) is 5.75 Å². The molecule has 13 heavy (non-hydrogen) atoms. The van der Waals surface area contributed by atoms with Gasteiger partial charge in [-0.1, -0.05) is 44.5 Å². The zero-order valence-electron chi connectivity index (χ0n) is 8.51. The molecule has 0 saturated carbocycles. The molecular formula is C11H17ClO. The number of benzene rings is 1. The Morgan fingerprint density at radius 3 is 2.38 bits per heavy atom. The summed E-state index contributed by atoms with van der Waals surface area (Å²) in [5.41, 5.74) is 0. The van der Waals surface area contributed by atoms with Crippen LogP contribution in [0.3, 0.4) is 0 Å². The molecule has 0 radical (unpaired) electrons. The summed E-state index contributed by atoms with van der Waals surface area (Å²) in [5.74, 6) is 0.774. The molecule has 0 bridgehead atoms. The molecule has 1 rings (SSSR count). The lowest BCUT2D eigenvalue weighted by Crippen LogP contribution is -1.94. The van der Waals surface area contributed by atoms with Crippen molar-refractivity contribution in [2.24, 2.45) is 0 Å². The van der Waals surface area contributed by atoms with Crippen molar-refractivity contribution in [3.8, 4) is 5.75 Å². The minimum atomic E-state index is 0.681. The number of rotatable bonds is 3. The van der Waals surface area contributed by atoms with Crippen LogP contribution in [0.2, 0.25) is 5.02 Å². The van der Waals surface area contributed by atoms with Gasteiger partial charge in [-0.2, -0.15) is 0 Å². The van der Waals surface area contributed by atoms with Gasteiger partial charge >= 0.3 is 0 Å². The molecule has 0 aliphatic carbocycles. The van der Waals surface area contributed by atoms with Gasteiger partial charge in [0.15, 0.2) is 0 Å². The molecule has 0 spiro atoms. The van der Waals surface area contributed by atoms with E-state index in [2.05, 4.69) is 6.92 Å². The fourth-order valence-corrected chi connectivity index (χ4v) is 0.964. The molecular weight excluding hydrogens is 184 g/mol. The van der Waals surface area contributed by atoms with Crippen LogP contribution in [0.1, 0.15) is 27.2 Å². The normalized spacial score (nSPS) is 8.62. The molecule has 0 aliphatic heterocycles. The lowest BCUT2D eigenvalue weighted by atomic mass is 10.3. The lowest BCUT2D eigenvalue weighted by molar-refractivity contribution is 0.317. The highest BCUT2D eigenvalue weighted by Gasteiger charge is 1.96. The predicted octanol–water partition coefficient (Wildman–Crippen LogP) is 4.16. The molecule has 0 amide bonds. The molecule has 0 saturated heterocycles. The second-order valence-electron chi connectivity index (χ2n) is 2.28. The van der Waals surface area contributed by atoms with Gasteiger partial charge in [0, 0.05) is 0 Å². The zero-order chi connectivity index (χ0) is 10.1. The van der Waals surface area contributed by atoms with E-state index in [1.807, 2.05) is 38.1 Å². The van der Waals surface area contributed by atoms with Gasteiger partial charge in [0.25, 0.3) is 0 Å². The molecule has 74 valence electrons. The van der Waals surface area contributed by atoms with Crippen LogP contribution in [0.15, 0.2) is 24.3 Å². The molecule has 0 N–H and O–H groups in total. The first-order valence-corrected chi connectivity index (χ1v) is 5.09. The van der Waals surface area contributed by atoms with Gasteiger partial charge in [-0.25, -0.2) is 0 Å². The SMILES string of the molecule is CC.CCCOc1ccccc1Cl. The van der Waals surface area contributed by atoms with Crippen LogP contribution in [0.5, 0.6) is 5.75 Å². The summed E-state index contributed by atoms with van der Waals surface area (Å²) in [5, 5.41) is 0.681. The van der Waals surface area contributed by atoms with Gasteiger partial charge in [-0.15, -0.1) is 0 Å². The first-order valence-electron chi connectivity index (χ1n) is 4.72. The van der Waals surface area contributed by atoms with Crippen molar-refractivity contribution in [2.45, 2.75) is 27.2 Å². The molecule has 1 aromatic rings. The van der Waals surface area contributed by atoms with Crippen LogP contribution in [0, 0.1) is 0 Å². The second kappa shape index (κ2) is 7.93. The highest BCUT2D eigenvalue weighted by atomic mass is 35.5. The van der Waals surface area contributed by atoms with E-state index >= 15 is 0 Å². The monoisotopic (exact) mass is 200 g/mol. The van der Waals surface area contributed by atoms with Crippen LogP contribution in [-0.4, -0.2) is 6.61 Å². The van der Waals surface area contributed by atoms with Crippen molar-refractivity contribution < 1.29 is 4.74 Å². The van der Waals surface area contributed by atoms with Crippen molar-refractivity contribution in [1.29, 1.82) is 0 Å². The van der Waals surface area contributed by atoms with E-state index in [1.54, 1.807) is 0 Å². The fraction of sp³-hybridized carbons (Fsp3) is 0.455. The van der Waals surface area contributed by atoms with E-state index in [-0.39, 0.29) is 0 Å². The fourth-order valence-electron chi connectivity index (χ4n) is 0.774. The van der Waals surface area contributed by atoms with Gasteiger partial charge in [-0.3, -0.25) is 0 Å². The molecule has 0 aromatic heterocycles. The topological polar surface area (TPSA) is 9.23 Å². The third-order valence-electron chi connectivity index (χ3n) is 1.30. The van der Waals surface area contributed by atoms with E-state index in [9.17, 15) is 0 Å². The van der Waals surface area contributed by atoms with E-state index < -0.39 is 0 Å². The molecule has 1 aromatic carbocycles. The third kappa shape index (κ3) is 4.79. The second-order valence-corrected chi connectivity index (χ2v) is 2.69. The molecule has 1 nitrogen and oxygen atoms in total. The summed E-state index contributed by atoms with van der Waals surface area (Å²) in [6.07, 6.45) is 1.01. The number of para-hydroxylation sites is 1. The Hall–Kier alpha value is -0.690. The minimum Gasteiger partial charge on any atom is -0.492 e. The molecule has 0 heterocycles. The maximum absolute atomic E-state index is 5.83. The smallest absolute Gasteiger partial charge is 0.137 e. The zero-order valence-corrected chi connectivity index (χ0v) is 9.27. The van der Waals surface area contributed by atoms with Crippen molar-refractivity contribution >= 4 is 11.6 Å². The van der Waals surface area contributed by atoms with Crippen LogP contribution in [-0.2, 0) is 0 Å². The Labute approximate surface area is 85.7 Å². The van der Waals surface area contributed by atoms with E-state index in [0.29, 0.717) is 5.02 Å². The third-order valence-corrected chi connectivity index (χ3v) is 1.61. The average molecular weight is 201 g/mol. The summed E-state index contributed by atoms with van der Waals surface area (Å²) in [4.78, 5) is 0. The summed E-state index contributed by atoms with van der Waals surface area (Å²) in [6, 6.07) is 7.50. The Balaban J connectivity index is 0.000000671. The maximum atomic E-state index is 5.83. The average Bonchev–Trinajstić information content (AvgIpc) is 2.20. The van der Waals surface area contributed by atoms with E-state index in [0.717, 1.165) is 18.8 Å². The Kier molecular flexibility index (Phi) is 7.51. The summed E-state index contributed by atoms with van der Waals surface area (Å²) >= 11 is 5.83. The van der Waals surface area contributed by atoms with E-state index in [4.69, 9.17) is 16.3 Å². The van der Waals surface area contributed by atoms with Gasteiger partial charge in [0.2, 0.25) is 0 Å². The molecule has 0 fully saturated rings. The van der Waals surface area contributed by atoms with Crippen molar-refractivity contribution in [2.75, 3.05) is 6.61 Å². The standard InChI is InChI=1S/C9H11ClO.C2H6/c1-2-7-11-9-6-4-3-5-8(9)10;1-2/h3-6H,2,7H2,1H3;1-2H3. The van der Waals surface area contributed by atoms with Crippen LogP contribution in [0.25, 0.3) is 0 Å². The number of hydrogen-bond acceptors (Lipinski definition) is 1. The first-order chi connectivity index (χ1) is 6.34. The summed E-state index contributed by atoms with van der Waals surface area (Å²) in [6.45, 7) is 6.79. The summed E-state index contributed by atoms with van der Waals surface area (Å²) in [7, 11) is 0. The number of ether oxygens (including phenoxy) is 1.